The molecule has 0 unspecified atom stereocenters. The first-order valence-electron chi connectivity index (χ1n) is 5.30. The van der Waals surface area contributed by atoms with Crippen LogP contribution in [-0.2, 0) is 0 Å². The number of guanidine groups is 1. The van der Waals surface area contributed by atoms with Gasteiger partial charge in [0.1, 0.15) is 0 Å². The van der Waals surface area contributed by atoms with Crippen molar-refractivity contribution in [2.45, 2.75) is 27.2 Å². The quantitative estimate of drug-likeness (QED) is 0.312. The molecule has 4 nitrogen and oxygen atoms in total. The SMILES string of the molecule is CC1=C[C@H](C)[C@@H](/C=N\N=C(N)N)[C@@H](C)C1. The van der Waals surface area contributed by atoms with E-state index in [9.17, 15) is 0 Å². The van der Waals surface area contributed by atoms with Crippen LogP contribution in [0, 0.1) is 17.8 Å². The minimum atomic E-state index is 0.00842. The molecular formula is C11H20N4. The van der Waals surface area contributed by atoms with Crippen molar-refractivity contribution in [3.05, 3.63) is 11.6 Å². The fourth-order valence-electron chi connectivity index (χ4n) is 2.25. The zero-order chi connectivity index (χ0) is 11.4. The van der Waals surface area contributed by atoms with Crippen LogP contribution in [0.5, 0.6) is 0 Å². The van der Waals surface area contributed by atoms with E-state index in [0.717, 1.165) is 6.42 Å². The molecule has 0 fully saturated rings. The van der Waals surface area contributed by atoms with Crippen LogP contribution >= 0.6 is 0 Å². The Morgan fingerprint density at radius 2 is 2.13 bits per heavy atom. The fourth-order valence-corrected chi connectivity index (χ4v) is 2.25. The number of hydrogen-bond donors (Lipinski definition) is 2. The Hall–Kier alpha value is -1.32. The summed E-state index contributed by atoms with van der Waals surface area (Å²) in [5, 5.41) is 7.53. The van der Waals surface area contributed by atoms with E-state index in [1.54, 1.807) is 0 Å². The molecule has 0 heterocycles. The van der Waals surface area contributed by atoms with Gasteiger partial charge >= 0.3 is 0 Å². The van der Waals surface area contributed by atoms with Crippen molar-refractivity contribution in [1.82, 2.24) is 0 Å². The standard InChI is InChI=1S/C11H20N4/c1-7-4-8(2)10(9(3)5-7)6-14-15-11(12)13/h4,6,8-10H,5H2,1-3H3,(H4,12,13,15)/b14-6-/t8-,9-,10+/m0/s1. The molecule has 0 spiro atoms. The van der Waals surface area contributed by atoms with Crippen LogP contribution in [0.3, 0.4) is 0 Å². The van der Waals surface area contributed by atoms with Gasteiger partial charge < -0.3 is 11.5 Å². The lowest BCUT2D eigenvalue weighted by Gasteiger charge is -2.29. The molecule has 0 saturated carbocycles. The molecule has 0 aromatic heterocycles. The largest absolute Gasteiger partial charge is 0.369 e. The predicted molar refractivity (Wildman–Crippen MR) is 64.5 cm³/mol. The zero-order valence-electron chi connectivity index (χ0n) is 9.64. The normalized spacial score (nSPS) is 31.4. The molecule has 0 amide bonds. The van der Waals surface area contributed by atoms with E-state index in [0.29, 0.717) is 17.8 Å². The highest BCUT2D eigenvalue weighted by atomic mass is 15.3. The zero-order valence-corrected chi connectivity index (χ0v) is 9.64. The van der Waals surface area contributed by atoms with Crippen LogP contribution in [0.4, 0.5) is 0 Å². The summed E-state index contributed by atoms with van der Waals surface area (Å²) in [5.41, 5.74) is 11.9. The Labute approximate surface area is 91.1 Å². The van der Waals surface area contributed by atoms with E-state index in [2.05, 4.69) is 37.1 Å². The maximum Gasteiger partial charge on any atom is 0.211 e. The Morgan fingerprint density at radius 3 is 2.67 bits per heavy atom. The van der Waals surface area contributed by atoms with E-state index in [-0.39, 0.29) is 5.96 Å². The molecule has 4 heteroatoms. The smallest absolute Gasteiger partial charge is 0.211 e. The Bertz CT molecular complexity index is 300. The van der Waals surface area contributed by atoms with Gasteiger partial charge in [-0.1, -0.05) is 25.5 Å². The Balaban J connectivity index is 2.70. The monoisotopic (exact) mass is 208 g/mol. The van der Waals surface area contributed by atoms with E-state index in [4.69, 9.17) is 11.5 Å². The van der Waals surface area contributed by atoms with E-state index >= 15 is 0 Å². The minimum Gasteiger partial charge on any atom is -0.369 e. The second kappa shape index (κ2) is 4.96. The van der Waals surface area contributed by atoms with Crippen molar-refractivity contribution in [3.8, 4) is 0 Å². The molecular weight excluding hydrogens is 188 g/mol. The maximum atomic E-state index is 5.20. The summed E-state index contributed by atoms with van der Waals surface area (Å²) in [7, 11) is 0. The first-order chi connectivity index (χ1) is 7.00. The molecule has 1 rings (SSSR count). The number of allylic oxidation sites excluding steroid dienone is 2. The highest BCUT2D eigenvalue weighted by Crippen LogP contribution is 2.32. The Kier molecular flexibility index (Phi) is 3.88. The minimum absolute atomic E-state index is 0.00842. The molecule has 0 aliphatic heterocycles. The van der Waals surface area contributed by atoms with Crippen LogP contribution < -0.4 is 11.5 Å². The summed E-state index contributed by atoms with van der Waals surface area (Å²) >= 11 is 0. The van der Waals surface area contributed by atoms with Gasteiger partial charge in [0.15, 0.2) is 0 Å². The van der Waals surface area contributed by atoms with Crippen molar-refractivity contribution < 1.29 is 0 Å². The lowest BCUT2D eigenvalue weighted by Crippen LogP contribution is -2.25. The average molecular weight is 208 g/mol. The summed E-state index contributed by atoms with van der Waals surface area (Å²) in [5.74, 6) is 1.54. The highest BCUT2D eigenvalue weighted by molar-refractivity contribution is 5.76. The third kappa shape index (κ3) is 3.38. The predicted octanol–water partition coefficient (Wildman–Crippen LogP) is 1.48. The summed E-state index contributed by atoms with van der Waals surface area (Å²) < 4.78 is 0. The van der Waals surface area contributed by atoms with Crippen molar-refractivity contribution in [3.63, 3.8) is 0 Å². The van der Waals surface area contributed by atoms with Crippen LogP contribution in [0.2, 0.25) is 0 Å². The van der Waals surface area contributed by atoms with Gasteiger partial charge in [-0.15, -0.1) is 5.10 Å². The molecule has 0 radical (unpaired) electrons. The third-order valence-electron chi connectivity index (χ3n) is 2.87. The van der Waals surface area contributed by atoms with Crippen molar-refractivity contribution >= 4 is 12.2 Å². The highest BCUT2D eigenvalue weighted by Gasteiger charge is 2.24. The molecule has 1 aliphatic carbocycles. The van der Waals surface area contributed by atoms with Gasteiger partial charge in [-0.05, 0) is 25.2 Å². The summed E-state index contributed by atoms with van der Waals surface area (Å²) in [4.78, 5) is 0. The van der Waals surface area contributed by atoms with Crippen molar-refractivity contribution in [2.24, 2.45) is 39.4 Å². The molecule has 0 bridgehead atoms. The molecule has 15 heavy (non-hydrogen) atoms. The first-order valence-corrected chi connectivity index (χ1v) is 5.30. The second-order valence-electron chi connectivity index (χ2n) is 4.42. The summed E-state index contributed by atoms with van der Waals surface area (Å²) in [6, 6.07) is 0. The number of rotatable bonds is 2. The fraction of sp³-hybridized carbons (Fsp3) is 0.636. The van der Waals surface area contributed by atoms with Crippen molar-refractivity contribution in [2.75, 3.05) is 0 Å². The van der Waals surface area contributed by atoms with Gasteiger partial charge in [0.25, 0.3) is 0 Å². The Morgan fingerprint density at radius 1 is 1.47 bits per heavy atom. The van der Waals surface area contributed by atoms with Gasteiger partial charge in [0.05, 0.1) is 0 Å². The maximum absolute atomic E-state index is 5.20. The lowest BCUT2D eigenvalue weighted by atomic mass is 9.76. The molecule has 0 aromatic rings. The van der Waals surface area contributed by atoms with E-state index in [1.165, 1.54) is 5.57 Å². The third-order valence-corrected chi connectivity index (χ3v) is 2.87. The van der Waals surface area contributed by atoms with Crippen molar-refractivity contribution in [1.29, 1.82) is 0 Å². The number of nitrogens with two attached hydrogens (primary N) is 2. The molecule has 1 aliphatic rings. The van der Waals surface area contributed by atoms with Gasteiger partial charge in [-0.2, -0.15) is 5.10 Å². The van der Waals surface area contributed by atoms with Crippen LogP contribution in [0.1, 0.15) is 27.2 Å². The van der Waals surface area contributed by atoms with Gasteiger partial charge in [0.2, 0.25) is 5.96 Å². The van der Waals surface area contributed by atoms with E-state index in [1.807, 2.05) is 6.21 Å². The first kappa shape index (κ1) is 11.8. The van der Waals surface area contributed by atoms with E-state index < -0.39 is 0 Å². The lowest BCUT2D eigenvalue weighted by molar-refractivity contribution is 0.362. The molecule has 3 atom stereocenters. The number of hydrogen-bond acceptors (Lipinski definition) is 2. The molecule has 4 N–H and O–H groups in total. The molecule has 0 saturated heterocycles. The summed E-state index contributed by atoms with van der Waals surface area (Å²) in [6.07, 6.45) is 5.28. The van der Waals surface area contributed by atoms with Gasteiger partial charge in [-0.25, -0.2) is 0 Å². The van der Waals surface area contributed by atoms with Crippen LogP contribution in [-0.4, -0.2) is 12.2 Å². The molecule has 0 aromatic carbocycles. The molecule has 84 valence electrons. The topological polar surface area (TPSA) is 76.8 Å². The van der Waals surface area contributed by atoms with Gasteiger partial charge in [0, 0.05) is 12.1 Å². The van der Waals surface area contributed by atoms with Crippen LogP contribution in [0.15, 0.2) is 21.9 Å². The summed E-state index contributed by atoms with van der Waals surface area (Å²) in [6.45, 7) is 6.61. The van der Waals surface area contributed by atoms with Crippen LogP contribution in [0.25, 0.3) is 0 Å². The second-order valence-corrected chi connectivity index (χ2v) is 4.42. The number of nitrogens with zero attached hydrogens (tertiary/aromatic N) is 2. The van der Waals surface area contributed by atoms with Gasteiger partial charge in [-0.3, -0.25) is 0 Å². The average Bonchev–Trinajstić information content (AvgIpc) is 2.08.